The fourth-order valence-corrected chi connectivity index (χ4v) is 3.76. The Hall–Kier alpha value is -1.95. The van der Waals surface area contributed by atoms with Crippen LogP contribution in [0, 0.1) is 0 Å². The molecule has 0 saturated carbocycles. The molecule has 2 rings (SSSR count). The Labute approximate surface area is 211 Å². The fourth-order valence-electron chi connectivity index (χ4n) is 3.27. The Morgan fingerprint density at radius 1 is 0.794 bits per heavy atom. The molecule has 0 aliphatic carbocycles. The summed E-state index contributed by atoms with van der Waals surface area (Å²) in [7, 11) is 0.386. The SMILES string of the molecule is C=C(C[N+](C)(C)CCCCCCCC)c1ccccc1.CC.CC.O=S(=O)([O-])c1ccccc1. The molecule has 0 spiro atoms. The first-order valence-electron chi connectivity index (χ1n) is 12.7. The molecule has 2 aromatic carbocycles. The Morgan fingerprint density at radius 3 is 1.68 bits per heavy atom. The van der Waals surface area contributed by atoms with E-state index >= 15 is 0 Å². The maximum atomic E-state index is 10.3. The molecule has 0 amide bonds. The third kappa shape index (κ3) is 17.5. The highest BCUT2D eigenvalue weighted by atomic mass is 32.2. The first-order chi connectivity index (χ1) is 16.2. The van der Waals surface area contributed by atoms with Crippen LogP contribution in [0.1, 0.15) is 78.7 Å². The average Bonchev–Trinajstić information content (AvgIpc) is 2.84. The van der Waals surface area contributed by atoms with Gasteiger partial charge in [0.15, 0.2) is 0 Å². The summed E-state index contributed by atoms with van der Waals surface area (Å²) in [6, 6.07) is 17.8. The van der Waals surface area contributed by atoms with Crippen molar-refractivity contribution in [1.82, 2.24) is 0 Å². The standard InChI is InChI=1S/C19H32N.C6H6O3S.2C2H6/c1-5-6-7-8-9-13-16-20(3,4)17-18(2)19-14-11-10-12-15-19;7-10(8,9)6-4-2-1-3-5-6;2*1-2/h10-12,14-15H,2,5-9,13,16-17H2,1,3-4H3;1-5H,(H,7,8,9);2*1-2H3/q+1;;;/p-1. The van der Waals surface area contributed by atoms with Crippen molar-refractivity contribution in [2.75, 3.05) is 27.2 Å². The number of hydrogen-bond acceptors (Lipinski definition) is 3. The van der Waals surface area contributed by atoms with Gasteiger partial charge in [0.05, 0.1) is 25.5 Å². The lowest BCUT2D eigenvalue weighted by molar-refractivity contribution is -0.883. The number of rotatable bonds is 11. The number of unbranched alkanes of at least 4 members (excludes halogenated alkanes) is 5. The van der Waals surface area contributed by atoms with E-state index in [0.29, 0.717) is 0 Å². The number of benzene rings is 2. The van der Waals surface area contributed by atoms with Crippen LogP contribution in [0.15, 0.2) is 72.1 Å². The van der Waals surface area contributed by atoms with Crippen LogP contribution in [-0.2, 0) is 10.1 Å². The smallest absolute Gasteiger partial charge is 0.124 e. The molecule has 0 aromatic heterocycles. The lowest BCUT2D eigenvalue weighted by atomic mass is 10.1. The molecule has 194 valence electrons. The van der Waals surface area contributed by atoms with Crippen molar-refractivity contribution in [2.45, 2.75) is 78.0 Å². The third-order valence-electron chi connectivity index (χ3n) is 4.95. The Bertz CT molecular complexity index is 832. The summed E-state index contributed by atoms with van der Waals surface area (Å²) in [4.78, 5) is -0.185. The monoisotopic (exact) mass is 491 g/mol. The van der Waals surface area contributed by atoms with E-state index in [1.165, 1.54) is 80.5 Å². The Balaban J connectivity index is 0. The number of quaternary nitrogens is 1. The number of likely N-dealkylation sites (N-methyl/N-ethyl adjacent to an activating group) is 1. The summed E-state index contributed by atoms with van der Waals surface area (Å²) in [5.74, 6) is 0. The van der Waals surface area contributed by atoms with Gasteiger partial charge in [-0.05, 0) is 30.5 Å². The van der Waals surface area contributed by atoms with Gasteiger partial charge in [0.25, 0.3) is 0 Å². The quantitative estimate of drug-likeness (QED) is 0.183. The second kappa shape index (κ2) is 20.4. The van der Waals surface area contributed by atoms with Crippen molar-refractivity contribution in [1.29, 1.82) is 0 Å². The van der Waals surface area contributed by atoms with Gasteiger partial charge in [0, 0.05) is 5.57 Å². The molecule has 5 heteroatoms. The fraction of sp³-hybridized carbons (Fsp3) is 0.517. The van der Waals surface area contributed by atoms with E-state index < -0.39 is 10.1 Å². The molecule has 0 atom stereocenters. The normalized spacial score (nSPS) is 10.5. The van der Waals surface area contributed by atoms with Gasteiger partial charge >= 0.3 is 0 Å². The predicted molar refractivity (Wildman–Crippen MR) is 148 cm³/mol. The first kappa shape index (κ1) is 34.2. The van der Waals surface area contributed by atoms with Crippen molar-refractivity contribution >= 4 is 15.7 Å². The minimum atomic E-state index is -4.25. The van der Waals surface area contributed by atoms with Gasteiger partial charge in [-0.1, -0.05) is 115 Å². The van der Waals surface area contributed by atoms with Crippen LogP contribution in [0.5, 0.6) is 0 Å². The van der Waals surface area contributed by atoms with Crippen LogP contribution >= 0.6 is 0 Å². The van der Waals surface area contributed by atoms with Gasteiger partial charge in [-0.25, -0.2) is 8.42 Å². The summed E-state index contributed by atoms with van der Waals surface area (Å²) in [6.07, 6.45) is 8.23. The van der Waals surface area contributed by atoms with Crippen LogP contribution in [0.3, 0.4) is 0 Å². The van der Waals surface area contributed by atoms with Crippen LogP contribution in [0.4, 0.5) is 0 Å². The summed E-state index contributed by atoms with van der Waals surface area (Å²) in [6.45, 7) is 16.8. The average molecular weight is 492 g/mol. The van der Waals surface area contributed by atoms with E-state index in [-0.39, 0.29) is 4.90 Å². The summed E-state index contributed by atoms with van der Waals surface area (Å²) in [5, 5.41) is 0. The van der Waals surface area contributed by atoms with Crippen molar-refractivity contribution in [2.24, 2.45) is 0 Å². The molecule has 0 fully saturated rings. The molecule has 0 aliphatic rings. The zero-order chi connectivity index (χ0) is 26.5. The second-order valence-corrected chi connectivity index (χ2v) is 9.70. The molecule has 0 aliphatic heterocycles. The summed E-state index contributed by atoms with van der Waals surface area (Å²) < 4.78 is 31.9. The minimum Gasteiger partial charge on any atom is -0.744 e. The molecule has 34 heavy (non-hydrogen) atoms. The first-order valence-corrected chi connectivity index (χ1v) is 14.1. The zero-order valence-electron chi connectivity index (χ0n) is 22.7. The molecule has 4 nitrogen and oxygen atoms in total. The molecule has 0 N–H and O–H groups in total. The zero-order valence-corrected chi connectivity index (χ0v) is 23.5. The van der Waals surface area contributed by atoms with Crippen LogP contribution in [-0.4, -0.2) is 44.6 Å². The molecule has 0 saturated heterocycles. The van der Waals surface area contributed by atoms with Crippen molar-refractivity contribution in [3.05, 3.63) is 72.8 Å². The number of nitrogens with zero attached hydrogens (tertiary/aromatic N) is 1. The van der Waals surface area contributed by atoms with Crippen LogP contribution in [0.25, 0.3) is 5.57 Å². The van der Waals surface area contributed by atoms with E-state index in [0.717, 1.165) is 11.0 Å². The van der Waals surface area contributed by atoms with Gasteiger partial charge in [0.2, 0.25) is 0 Å². The van der Waals surface area contributed by atoms with Gasteiger partial charge in [-0.3, -0.25) is 0 Å². The van der Waals surface area contributed by atoms with Gasteiger partial charge < -0.3 is 9.04 Å². The van der Waals surface area contributed by atoms with E-state index in [2.05, 4.69) is 57.9 Å². The highest BCUT2D eigenvalue weighted by Crippen LogP contribution is 2.17. The van der Waals surface area contributed by atoms with E-state index in [4.69, 9.17) is 0 Å². The van der Waals surface area contributed by atoms with Gasteiger partial charge in [0.1, 0.15) is 16.7 Å². The minimum absolute atomic E-state index is 0.185. The van der Waals surface area contributed by atoms with Crippen LogP contribution < -0.4 is 0 Å². The predicted octanol–water partition coefficient (Wildman–Crippen LogP) is 7.78. The van der Waals surface area contributed by atoms with Gasteiger partial charge in [-0.15, -0.1) is 0 Å². The van der Waals surface area contributed by atoms with Crippen molar-refractivity contribution < 1.29 is 17.5 Å². The van der Waals surface area contributed by atoms with Gasteiger partial charge in [-0.2, -0.15) is 0 Å². The summed E-state index contributed by atoms with van der Waals surface area (Å²) >= 11 is 0. The molecule has 0 heterocycles. The third-order valence-corrected chi connectivity index (χ3v) is 5.80. The molecule has 0 radical (unpaired) electrons. The maximum Gasteiger partial charge on any atom is 0.124 e. The van der Waals surface area contributed by atoms with Crippen molar-refractivity contribution in [3.8, 4) is 0 Å². The highest BCUT2D eigenvalue weighted by molar-refractivity contribution is 7.85. The lowest BCUT2D eigenvalue weighted by Gasteiger charge is -2.30. The summed E-state index contributed by atoms with van der Waals surface area (Å²) in [5.41, 5.74) is 2.53. The second-order valence-electron chi connectivity index (χ2n) is 8.32. The molecule has 0 bridgehead atoms. The Morgan fingerprint density at radius 2 is 1.24 bits per heavy atom. The maximum absolute atomic E-state index is 10.3. The number of hydrogen-bond donors (Lipinski definition) is 0. The van der Waals surface area contributed by atoms with Crippen molar-refractivity contribution in [3.63, 3.8) is 0 Å². The Kier molecular flexibility index (Phi) is 20.6. The topological polar surface area (TPSA) is 57.2 Å². The molecular weight excluding hydrogens is 442 g/mol. The molecule has 0 unspecified atom stereocenters. The molecular formula is C29H49NO3S. The largest absolute Gasteiger partial charge is 0.744 e. The van der Waals surface area contributed by atoms with E-state index in [9.17, 15) is 13.0 Å². The highest BCUT2D eigenvalue weighted by Gasteiger charge is 2.16. The van der Waals surface area contributed by atoms with Crippen LogP contribution in [0.2, 0.25) is 0 Å². The molecule has 2 aromatic rings. The van der Waals surface area contributed by atoms with E-state index in [1.54, 1.807) is 6.07 Å². The lowest BCUT2D eigenvalue weighted by Crippen LogP contribution is -2.41. The van der Waals surface area contributed by atoms with E-state index in [1.807, 2.05) is 27.7 Å².